The minimum atomic E-state index is -0.230. The van der Waals surface area contributed by atoms with Crippen molar-refractivity contribution in [1.29, 1.82) is 0 Å². The highest BCUT2D eigenvalue weighted by Gasteiger charge is 2.20. The number of aromatic amines is 1. The number of aryl methyl sites for hydroxylation is 2. The summed E-state index contributed by atoms with van der Waals surface area (Å²) < 4.78 is 11.0. The summed E-state index contributed by atoms with van der Waals surface area (Å²) >= 11 is 0. The van der Waals surface area contributed by atoms with Crippen molar-refractivity contribution in [1.82, 2.24) is 25.1 Å². The Kier molecular flexibility index (Phi) is 4.06. The molecule has 0 atom stereocenters. The lowest BCUT2D eigenvalue weighted by Gasteiger charge is -2.10. The molecule has 0 amide bonds. The first-order valence-electron chi connectivity index (χ1n) is 9.31. The van der Waals surface area contributed by atoms with Gasteiger partial charge in [0.2, 0.25) is 5.78 Å². The number of pyridine rings is 2. The first-order valence-corrected chi connectivity index (χ1v) is 9.31. The van der Waals surface area contributed by atoms with Crippen LogP contribution in [0.15, 0.2) is 47.4 Å². The molecule has 30 heavy (non-hydrogen) atoms. The smallest absolute Gasteiger partial charge is 0.229 e. The highest BCUT2D eigenvalue weighted by Crippen LogP contribution is 2.38. The van der Waals surface area contributed by atoms with Crippen molar-refractivity contribution in [3.8, 4) is 16.9 Å². The number of nitrogens with one attached hydrogen (secondary N) is 1. The van der Waals surface area contributed by atoms with E-state index in [4.69, 9.17) is 9.26 Å². The van der Waals surface area contributed by atoms with Crippen molar-refractivity contribution in [2.45, 2.75) is 13.8 Å². The van der Waals surface area contributed by atoms with Crippen LogP contribution in [0.5, 0.6) is 5.75 Å². The predicted molar refractivity (Wildman–Crippen MR) is 111 cm³/mol. The van der Waals surface area contributed by atoms with Crippen molar-refractivity contribution in [3.05, 3.63) is 65.7 Å². The summed E-state index contributed by atoms with van der Waals surface area (Å²) in [6, 6.07) is 7.25. The summed E-state index contributed by atoms with van der Waals surface area (Å²) in [6.45, 7) is 3.75. The number of imidazole rings is 1. The summed E-state index contributed by atoms with van der Waals surface area (Å²) in [7, 11) is 1.61. The average molecular weight is 399 g/mol. The molecule has 148 valence electrons. The number of hydrogen-bond donors (Lipinski definition) is 1. The minimum Gasteiger partial charge on any atom is -0.496 e. The molecule has 8 nitrogen and oxygen atoms in total. The Morgan fingerprint density at radius 1 is 1.17 bits per heavy atom. The second kappa shape index (κ2) is 6.77. The van der Waals surface area contributed by atoms with Crippen molar-refractivity contribution in [2.75, 3.05) is 7.11 Å². The van der Waals surface area contributed by atoms with Gasteiger partial charge in [0.15, 0.2) is 5.82 Å². The molecule has 0 fully saturated rings. The van der Waals surface area contributed by atoms with Gasteiger partial charge in [-0.1, -0.05) is 5.16 Å². The molecule has 1 aromatic carbocycles. The number of carbonyl (C=O) groups excluding carboxylic acids is 1. The van der Waals surface area contributed by atoms with Gasteiger partial charge < -0.3 is 14.2 Å². The standard InChI is InChI=1S/C22H17N5O3/c1-11-19(12(2)30-27-11)15-7-16-14(8-18(15)29-3)20-17(10-24-16)25-22(26-20)21(28)13-5-4-6-23-9-13/h4-10H,1-3H3,(H,25,26). The Morgan fingerprint density at radius 3 is 2.73 bits per heavy atom. The van der Waals surface area contributed by atoms with Gasteiger partial charge in [0.05, 0.1) is 35.6 Å². The molecule has 4 heterocycles. The van der Waals surface area contributed by atoms with Gasteiger partial charge in [0.1, 0.15) is 17.0 Å². The minimum absolute atomic E-state index is 0.230. The first kappa shape index (κ1) is 18.0. The SMILES string of the molecule is COc1cc2c(cc1-c1c(C)noc1C)ncc1nc(C(=O)c3cccnc3)[nH]c12. The first-order chi connectivity index (χ1) is 14.6. The Hall–Kier alpha value is -4.07. The summed E-state index contributed by atoms with van der Waals surface area (Å²) in [4.78, 5) is 28.9. The highest BCUT2D eigenvalue weighted by atomic mass is 16.5. The maximum absolute atomic E-state index is 12.8. The maximum atomic E-state index is 12.8. The van der Waals surface area contributed by atoms with Crippen LogP contribution in [0, 0.1) is 13.8 Å². The molecule has 0 unspecified atom stereocenters. The fourth-order valence-corrected chi connectivity index (χ4v) is 3.66. The van der Waals surface area contributed by atoms with Gasteiger partial charge in [-0.25, -0.2) is 4.98 Å². The Labute approximate surface area is 170 Å². The van der Waals surface area contributed by atoms with Gasteiger partial charge in [-0.15, -0.1) is 0 Å². The summed E-state index contributed by atoms with van der Waals surface area (Å²) in [5.74, 6) is 1.37. The normalized spacial score (nSPS) is 11.3. The largest absolute Gasteiger partial charge is 0.496 e. The fourth-order valence-electron chi connectivity index (χ4n) is 3.66. The Morgan fingerprint density at radius 2 is 2.03 bits per heavy atom. The number of hydrogen-bond acceptors (Lipinski definition) is 7. The zero-order valence-electron chi connectivity index (χ0n) is 16.6. The number of fused-ring (bicyclic) bond motifs is 3. The topological polar surface area (TPSA) is 107 Å². The molecule has 0 bridgehead atoms. The van der Waals surface area contributed by atoms with E-state index < -0.39 is 0 Å². The molecular formula is C22H17N5O3. The van der Waals surface area contributed by atoms with E-state index >= 15 is 0 Å². The third-order valence-electron chi connectivity index (χ3n) is 5.09. The number of rotatable bonds is 4. The number of carbonyl (C=O) groups is 1. The van der Waals surface area contributed by atoms with Gasteiger partial charge >= 0.3 is 0 Å². The molecule has 0 spiro atoms. The average Bonchev–Trinajstić information content (AvgIpc) is 3.36. The maximum Gasteiger partial charge on any atom is 0.229 e. The van der Waals surface area contributed by atoms with Crippen LogP contribution in [0.1, 0.15) is 27.6 Å². The zero-order chi connectivity index (χ0) is 20.8. The van der Waals surface area contributed by atoms with Crippen molar-refractivity contribution in [2.24, 2.45) is 0 Å². The molecule has 0 radical (unpaired) electrons. The summed E-state index contributed by atoms with van der Waals surface area (Å²) in [5, 5.41) is 4.84. The number of methoxy groups -OCH3 is 1. The Bertz CT molecular complexity index is 1400. The van der Waals surface area contributed by atoms with Crippen LogP contribution < -0.4 is 4.74 Å². The van der Waals surface area contributed by atoms with Crippen LogP contribution in [-0.4, -0.2) is 38.0 Å². The lowest BCUT2D eigenvalue weighted by molar-refractivity contribution is 0.103. The van der Waals surface area contributed by atoms with Crippen molar-refractivity contribution in [3.63, 3.8) is 0 Å². The van der Waals surface area contributed by atoms with Crippen LogP contribution in [0.2, 0.25) is 0 Å². The predicted octanol–water partition coefficient (Wildman–Crippen LogP) is 4.02. The van der Waals surface area contributed by atoms with E-state index in [0.717, 1.165) is 33.2 Å². The van der Waals surface area contributed by atoms with E-state index in [1.807, 2.05) is 26.0 Å². The number of benzene rings is 1. The Balaban J connectivity index is 1.71. The van der Waals surface area contributed by atoms with E-state index in [1.165, 1.54) is 6.20 Å². The molecule has 0 aliphatic rings. The summed E-state index contributed by atoms with van der Waals surface area (Å²) in [6.07, 6.45) is 4.79. The molecule has 0 aliphatic heterocycles. The van der Waals surface area contributed by atoms with Gasteiger partial charge in [0.25, 0.3) is 0 Å². The number of H-pyrrole nitrogens is 1. The highest BCUT2D eigenvalue weighted by molar-refractivity contribution is 6.11. The van der Waals surface area contributed by atoms with E-state index in [2.05, 4.69) is 25.1 Å². The third-order valence-corrected chi connectivity index (χ3v) is 5.09. The van der Waals surface area contributed by atoms with Gasteiger partial charge in [-0.2, -0.15) is 0 Å². The molecule has 8 heteroatoms. The lowest BCUT2D eigenvalue weighted by Crippen LogP contribution is -2.03. The second-order valence-corrected chi connectivity index (χ2v) is 6.94. The van der Waals surface area contributed by atoms with Gasteiger partial charge in [-0.05, 0) is 38.1 Å². The quantitative estimate of drug-likeness (QED) is 0.455. The van der Waals surface area contributed by atoms with Crippen LogP contribution in [0.25, 0.3) is 33.1 Å². The van der Waals surface area contributed by atoms with Crippen molar-refractivity contribution >= 4 is 27.7 Å². The van der Waals surface area contributed by atoms with E-state index in [1.54, 1.807) is 31.6 Å². The second-order valence-electron chi connectivity index (χ2n) is 6.94. The van der Waals surface area contributed by atoms with Gasteiger partial charge in [0, 0.05) is 28.9 Å². The van der Waals surface area contributed by atoms with E-state index in [9.17, 15) is 4.79 Å². The molecule has 1 N–H and O–H groups in total. The zero-order valence-corrected chi connectivity index (χ0v) is 16.6. The van der Waals surface area contributed by atoms with Crippen LogP contribution in [-0.2, 0) is 0 Å². The molecule has 5 rings (SSSR count). The van der Waals surface area contributed by atoms with E-state index in [-0.39, 0.29) is 11.6 Å². The third kappa shape index (κ3) is 2.73. The summed E-state index contributed by atoms with van der Waals surface area (Å²) in [5.41, 5.74) is 5.02. The molecule has 4 aromatic heterocycles. The van der Waals surface area contributed by atoms with E-state index in [0.29, 0.717) is 22.6 Å². The molecule has 0 saturated carbocycles. The molecule has 5 aromatic rings. The number of nitrogens with zero attached hydrogens (tertiary/aromatic N) is 4. The number of aromatic nitrogens is 5. The molecule has 0 aliphatic carbocycles. The molecular weight excluding hydrogens is 382 g/mol. The lowest BCUT2D eigenvalue weighted by atomic mass is 10.0. The van der Waals surface area contributed by atoms with Crippen LogP contribution in [0.3, 0.4) is 0 Å². The number of ketones is 1. The molecule has 0 saturated heterocycles. The fraction of sp³-hybridized carbons (Fsp3) is 0.136. The van der Waals surface area contributed by atoms with Gasteiger partial charge in [-0.3, -0.25) is 14.8 Å². The number of ether oxygens (including phenoxy) is 1. The monoisotopic (exact) mass is 399 g/mol. The van der Waals surface area contributed by atoms with Crippen LogP contribution in [0.4, 0.5) is 0 Å². The van der Waals surface area contributed by atoms with Crippen LogP contribution >= 0.6 is 0 Å². The van der Waals surface area contributed by atoms with Crippen molar-refractivity contribution < 1.29 is 14.1 Å².